The largest absolute Gasteiger partial charge is 0.506 e. The Bertz CT molecular complexity index is 917. The third-order valence-corrected chi connectivity index (χ3v) is 3.64. The molecule has 0 aliphatic rings. The second kappa shape index (κ2) is 6.55. The lowest BCUT2D eigenvalue weighted by atomic mass is 10.2. The Morgan fingerprint density at radius 2 is 1.92 bits per heavy atom. The van der Waals surface area contributed by atoms with Crippen LogP contribution in [0.5, 0.6) is 5.75 Å². The second-order valence-corrected chi connectivity index (χ2v) is 5.40. The molecule has 7 heteroatoms. The third kappa shape index (κ3) is 3.28. The van der Waals surface area contributed by atoms with Crippen LogP contribution >= 0.6 is 11.6 Å². The Morgan fingerprint density at radius 3 is 2.62 bits per heavy atom. The molecule has 0 radical (unpaired) electrons. The molecule has 1 N–H and O–H groups in total. The van der Waals surface area contributed by atoms with Crippen LogP contribution in [-0.4, -0.2) is 20.8 Å². The van der Waals surface area contributed by atoms with Crippen LogP contribution in [0.1, 0.15) is 5.69 Å². The van der Waals surface area contributed by atoms with Crippen molar-refractivity contribution in [3.05, 3.63) is 81.6 Å². The van der Waals surface area contributed by atoms with Crippen molar-refractivity contribution >= 4 is 29.2 Å². The molecule has 0 saturated carbocycles. The molecule has 1 aromatic heterocycles. The van der Waals surface area contributed by atoms with E-state index in [2.05, 4.69) is 4.99 Å². The molecular formula is C17H12ClN3O3. The van der Waals surface area contributed by atoms with E-state index in [1.807, 2.05) is 35.0 Å². The van der Waals surface area contributed by atoms with Gasteiger partial charge in [0.2, 0.25) is 0 Å². The van der Waals surface area contributed by atoms with Crippen molar-refractivity contribution in [2.45, 2.75) is 0 Å². The van der Waals surface area contributed by atoms with E-state index in [4.69, 9.17) is 11.6 Å². The number of rotatable bonds is 4. The van der Waals surface area contributed by atoms with Crippen LogP contribution in [0.25, 0.3) is 5.69 Å². The van der Waals surface area contributed by atoms with E-state index in [0.717, 1.165) is 11.4 Å². The van der Waals surface area contributed by atoms with E-state index in [9.17, 15) is 15.2 Å². The molecule has 24 heavy (non-hydrogen) atoms. The fourth-order valence-corrected chi connectivity index (χ4v) is 2.33. The lowest BCUT2D eigenvalue weighted by Gasteiger charge is -2.06. The third-order valence-electron chi connectivity index (χ3n) is 3.39. The predicted octanol–water partition coefficient (Wildman–Crippen LogP) is 4.50. The topological polar surface area (TPSA) is 80.7 Å². The zero-order valence-electron chi connectivity index (χ0n) is 12.3. The highest BCUT2D eigenvalue weighted by molar-refractivity contribution is 6.30. The van der Waals surface area contributed by atoms with E-state index < -0.39 is 4.92 Å². The maximum Gasteiger partial charge on any atom is 0.271 e. The summed E-state index contributed by atoms with van der Waals surface area (Å²) in [5.41, 5.74) is 1.65. The van der Waals surface area contributed by atoms with Crippen LogP contribution < -0.4 is 0 Å². The average molecular weight is 342 g/mol. The quantitative estimate of drug-likeness (QED) is 0.431. The molecule has 6 nitrogen and oxygen atoms in total. The van der Waals surface area contributed by atoms with Gasteiger partial charge < -0.3 is 9.67 Å². The molecule has 1 heterocycles. The Hall–Kier alpha value is -3.12. The Balaban J connectivity index is 1.94. The normalized spacial score (nSPS) is 11.0. The van der Waals surface area contributed by atoms with Crippen molar-refractivity contribution in [2.75, 3.05) is 0 Å². The number of non-ortho nitro benzene ring substituents is 1. The maximum atomic E-state index is 10.8. The molecule has 0 saturated heterocycles. The van der Waals surface area contributed by atoms with Gasteiger partial charge in [-0.15, -0.1) is 0 Å². The number of nitro benzene ring substituents is 1. The van der Waals surface area contributed by atoms with Gasteiger partial charge in [0, 0.05) is 29.0 Å². The van der Waals surface area contributed by atoms with Crippen molar-refractivity contribution in [2.24, 2.45) is 4.99 Å². The number of phenols is 1. The van der Waals surface area contributed by atoms with Gasteiger partial charge in [-0.3, -0.25) is 15.1 Å². The van der Waals surface area contributed by atoms with Crippen molar-refractivity contribution in [1.82, 2.24) is 4.57 Å². The number of aliphatic imine (C=N–C) groups is 1. The van der Waals surface area contributed by atoms with Crippen LogP contribution in [0.4, 0.5) is 11.4 Å². The number of aromatic hydroxyl groups is 1. The van der Waals surface area contributed by atoms with Gasteiger partial charge in [-0.2, -0.15) is 0 Å². The van der Waals surface area contributed by atoms with E-state index in [1.165, 1.54) is 24.4 Å². The van der Waals surface area contributed by atoms with Crippen LogP contribution in [0, 0.1) is 10.1 Å². The first-order valence-corrected chi connectivity index (χ1v) is 7.37. The van der Waals surface area contributed by atoms with Crippen molar-refractivity contribution in [1.29, 1.82) is 0 Å². The van der Waals surface area contributed by atoms with Crippen LogP contribution in [0.15, 0.2) is 65.8 Å². The summed E-state index contributed by atoms with van der Waals surface area (Å²) < 4.78 is 1.88. The van der Waals surface area contributed by atoms with Crippen LogP contribution in [0.2, 0.25) is 5.02 Å². The van der Waals surface area contributed by atoms with Gasteiger partial charge in [0.05, 0.1) is 16.8 Å². The summed E-state index contributed by atoms with van der Waals surface area (Å²) in [6.07, 6.45) is 3.39. The van der Waals surface area contributed by atoms with E-state index in [-0.39, 0.29) is 17.1 Å². The summed E-state index contributed by atoms with van der Waals surface area (Å²) >= 11 is 5.89. The highest BCUT2D eigenvalue weighted by atomic mass is 35.5. The SMILES string of the molecule is O=[N+]([O-])c1ccc(O)c(N=Cc2cccn2-c2ccc(Cl)cc2)c1. The number of hydrogen-bond acceptors (Lipinski definition) is 4. The number of nitrogens with zero attached hydrogens (tertiary/aromatic N) is 3. The fourth-order valence-electron chi connectivity index (χ4n) is 2.20. The molecule has 0 bridgehead atoms. The summed E-state index contributed by atoms with van der Waals surface area (Å²) in [5, 5.41) is 21.3. The van der Waals surface area contributed by atoms with Crippen LogP contribution in [-0.2, 0) is 0 Å². The molecule has 0 fully saturated rings. The summed E-state index contributed by atoms with van der Waals surface area (Å²) in [6.45, 7) is 0. The summed E-state index contributed by atoms with van der Waals surface area (Å²) in [6, 6.07) is 14.7. The summed E-state index contributed by atoms with van der Waals surface area (Å²) in [7, 11) is 0. The maximum absolute atomic E-state index is 10.8. The minimum atomic E-state index is -0.533. The average Bonchev–Trinajstić information content (AvgIpc) is 3.03. The number of nitro groups is 1. The van der Waals surface area contributed by atoms with Gasteiger partial charge in [-0.1, -0.05) is 11.6 Å². The fraction of sp³-hybridized carbons (Fsp3) is 0. The molecular weight excluding hydrogens is 330 g/mol. The molecule has 3 aromatic rings. The van der Waals surface area contributed by atoms with Gasteiger partial charge >= 0.3 is 0 Å². The number of hydrogen-bond donors (Lipinski definition) is 1. The summed E-state index contributed by atoms with van der Waals surface area (Å²) in [4.78, 5) is 14.5. The number of aromatic nitrogens is 1. The van der Waals surface area contributed by atoms with Crippen molar-refractivity contribution in [3.63, 3.8) is 0 Å². The molecule has 2 aromatic carbocycles. The molecule has 0 spiro atoms. The minimum absolute atomic E-state index is 0.124. The van der Waals surface area contributed by atoms with E-state index >= 15 is 0 Å². The zero-order chi connectivity index (χ0) is 17.1. The zero-order valence-corrected chi connectivity index (χ0v) is 13.1. The van der Waals surface area contributed by atoms with Gasteiger partial charge in [-0.25, -0.2) is 0 Å². The highest BCUT2D eigenvalue weighted by Crippen LogP contribution is 2.30. The molecule has 0 aliphatic heterocycles. The number of phenolic OH excluding ortho intramolecular Hbond substituents is 1. The van der Waals surface area contributed by atoms with E-state index in [1.54, 1.807) is 12.1 Å². The first-order chi connectivity index (χ1) is 11.5. The van der Waals surface area contributed by atoms with Crippen molar-refractivity contribution < 1.29 is 10.0 Å². The molecule has 0 aliphatic carbocycles. The van der Waals surface area contributed by atoms with Gasteiger partial charge in [0.15, 0.2) is 0 Å². The second-order valence-electron chi connectivity index (χ2n) is 4.97. The molecule has 0 amide bonds. The van der Waals surface area contributed by atoms with Gasteiger partial charge in [0.25, 0.3) is 5.69 Å². The Morgan fingerprint density at radius 1 is 1.17 bits per heavy atom. The first kappa shape index (κ1) is 15.8. The molecule has 120 valence electrons. The van der Waals surface area contributed by atoms with Gasteiger partial charge in [0.1, 0.15) is 11.4 Å². The van der Waals surface area contributed by atoms with E-state index in [0.29, 0.717) is 5.02 Å². The molecule has 0 atom stereocenters. The standard InChI is InChI=1S/C17H12ClN3O3/c18-12-3-5-13(6-4-12)20-9-1-2-15(20)11-19-16-10-14(21(23)24)7-8-17(16)22/h1-11,22H. The minimum Gasteiger partial charge on any atom is -0.506 e. The number of halogens is 1. The first-order valence-electron chi connectivity index (χ1n) is 6.99. The van der Waals surface area contributed by atoms with Gasteiger partial charge in [-0.05, 0) is 42.5 Å². The Kier molecular flexibility index (Phi) is 4.31. The lowest BCUT2D eigenvalue weighted by molar-refractivity contribution is -0.384. The smallest absolute Gasteiger partial charge is 0.271 e. The van der Waals surface area contributed by atoms with Crippen molar-refractivity contribution in [3.8, 4) is 11.4 Å². The lowest BCUT2D eigenvalue weighted by Crippen LogP contribution is -1.97. The predicted molar refractivity (Wildman–Crippen MR) is 92.8 cm³/mol. The number of benzene rings is 2. The molecule has 0 unspecified atom stereocenters. The summed E-state index contributed by atoms with van der Waals surface area (Å²) in [5.74, 6) is -0.124. The molecule has 3 rings (SSSR count). The Labute approximate surface area is 142 Å². The highest BCUT2D eigenvalue weighted by Gasteiger charge is 2.09. The van der Waals surface area contributed by atoms with Crippen LogP contribution in [0.3, 0.4) is 0 Å². The monoisotopic (exact) mass is 341 g/mol.